The number of para-hydroxylation sites is 2. The Hall–Kier alpha value is -1.85. The average molecular weight is 647 g/mol. The minimum Gasteiger partial charge on any atom is -0.395 e. The molecule has 0 heterocycles. The first kappa shape index (κ1) is 39.3. The highest BCUT2D eigenvalue weighted by molar-refractivity contribution is 7.49. The normalized spacial score (nSPS) is 13.1. The number of rotatable bonds is 28. The van der Waals surface area contributed by atoms with Gasteiger partial charge in [0.15, 0.2) is 12.6 Å². The van der Waals surface area contributed by atoms with Crippen molar-refractivity contribution in [2.24, 2.45) is 0 Å². The maximum atomic E-state index is 14.5. The second-order valence-electron chi connectivity index (χ2n) is 12.2. The zero-order chi connectivity index (χ0) is 32.6. The van der Waals surface area contributed by atoms with Crippen LogP contribution in [0, 0.1) is 0 Å². The monoisotopic (exact) mass is 646 g/mol. The summed E-state index contributed by atoms with van der Waals surface area (Å²) in [5, 5.41) is 0. The minimum atomic E-state index is -4.16. The van der Waals surface area contributed by atoms with E-state index in [4.69, 9.17) is 23.0 Å². The van der Waals surface area contributed by atoms with Crippen molar-refractivity contribution in [2.75, 3.05) is 6.61 Å². The van der Waals surface area contributed by atoms with Gasteiger partial charge in [-0.3, -0.25) is 0 Å². The van der Waals surface area contributed by atoms with Crippen molar-refractivity contribution in [1.29, 1.82) is 0 Å². The van der Waals surface area contributed by atoms with Gasteiger partial charge in [-0.15, -0.1) is 0 Å². The summed E-state index contributed by atoms with van der Waals surface area (Å²) in [6.45, 7) is 10.7. The zero-order valence-electron chi connectivity index (χ0n) is 29.1. The van der Waals surface area contributed by atoms with Crippen LogP contribution in [0.5, 0.6) is 11.5 Å². The Morgan fingerprint density at radius 1 is 0.556 bits per heavy atom. The third kappa shape index (κ3) is 17.6. The highest BCUT2D eigenvalue weighted by atomic mass is 31.2. The molecular weight excluding hydrogens is 583 g/mol. The number of hydrogen-bond donors (Lipinski definition) is 0. The van der Waals surface area contributed by atoms with Crippen molar-refractivity contribution in [3.05, 3.63) is 59.7 Å². The summed E-state index contributed by atoms with van der Waals surface area (Å²) < 4.78 is 44.6. The lowest BCUT2D eigenvalue weighted by atomic mass is 10.0. The molecule has 0 aliphatic heterocycles. The molecule has 2 aromatic carbocycles. The molecule has 0 saturated heterocycles. The van der Waals surface area contributed by atoms with E-state index in [1.54, 1.807) is 6.92 Å². The van der Waals surface area contributed by atoms with Gasteiger partial charge in [-0.05, 0) is 69.2 Å². The summed E-state index contributed by atoms with van der Waals surface area (Å²) in [4.78, 5) is 0. The van der Waals surface area contributed by atoms with Crippen molar-refractivity contribution >= 4 is 7.82 Å². The quantitative estimate of drug-likeness (QED) is 0.0521. The molecule has 0 N–H and O–H groups in total. The Morgan fingerprint density at radius 3 is 1.44 bits per heavy atom. The van der Waals surface area contributed by atoms with E-state index >= 15 is 0 Å². The summed E-state index contributed by atoms with van der Waals surface area (Å²) >= 11 is 0. The van der Waals surface area contributed by atoms with Crippen molar-refractivity contribution in [1.82, 2.24) is 0 Å². The van der Waals surface area contributed by atoms with Crippen LogP contribution in [0.3, 0.4) is 0 Å². The van der Waals surface area contributed by atoms with E-state index in [0.29, 0.717) is 18.1 Å². The van der Waals surface area contributed by atoms with Gasteiger partial charge in [0.05, 0.1) is 0 Å². The van der Waals surface area contributed by atoms with Gasteiger partial charge in [-0.25, -0.2) is 9.09 Å². The topological polar surface area (TPSA) is 63.2 Å². The lowest BCUT2D eigenvalue weighted by molar-refractivity contribution is -0.207. The lowest BCUT2D eigenvalue weighted by Gasteiger charge is -2.26. The first-order chi connectivity index (χ1) is 21.9. The van der Waals surface area contributed by atoms with Crippen LogP contribution in [0.1, 0.15) is 148 Å². The van der Waals surface area contributed by atoms with Crippen molar-refractivity contribution in [3.63, 3.8) is 0 Å². The molecule has 2 rings (SSSR count). The van der Waals surface area contributed by atoms with Gasteiger partial charge in [0.1, 0.15) is 11.5 Å². The van der Waals surface area contributed by atoms with E-state index in [0.717, 1.165) is 62.5 Å². The molecule has 0 spiro atoms. The molecule has 2 unspecified atom stereocenters. The summed E-state index contributed by atoms with van der Waals surface area (Å²) in [6.07, 6.45) is 19.4. The maximum absolute atomic E-state index is 14.5. The summed E-state index contributed by atoms with van der Waals surface area (Å²) in [5.41, 5.74) is 2.00. The van der Waals surface area contributed by atoms with Gasteiger partial charge in [0.25, 0.3) is 0 Å². The van der Waals surface area contributed by atoms with Crippen molar-refractivity contribution in [2.45, 2.75) is 163 Å². The Balaban J connectivity index is 2.15. The number of ether oxygens (including phenoxy) is 2. The van der Waals surface area contributed by atoms with Gasteiger partial charge in [-0.2, -0.15) is 0 Å². The van der Waals surface area contributed by atoms with Crippen molar-refractivity contribution < 1.29 is 27.6 Å². The number of unbranched alkanes of at least 4 members (excludes halogenated alkanes) is 13. The second-order valence-corrected chi connectivity index (χ2v) is 13.7. The fourth-order valence-electron chi connectivity index (χ4n) is 5.36. The van der Waals surface area contributed by atoms with E-state index in [-0.39, 0.29) is 0 Å². The molecule has 0 fully saturated rings. The van der Waals surface area contributed by atoms with Crippen LogP contribution < -0.4 is 9.05 Å². The van der Waals surface area contributed by atoms with E-state index in [9.17, 15) is 4.57 Å². The van der Waals surface area contributed by atoms with Crippen LogP contribution in [-0.2, 0) is 31.4 Å². The number of hydrogen-bond acceptors (Lipinski definition) is 6. The Morgan fingerprint density at radius 2 is 0.978 bits per heavy atom. The average Bonchev–Trinajstić information content (AvgIpc) is 3.01. The lowest BCUT2D eigenvalue weighted by Crippen LogP contribution is -2.23. The van der Waals surface area contributed by atoms with Crippen molar-refractivity contribution in [3.8, 4) is 11.5 Å². The van der Waals surface area contributed by atoms with E-state index in [2.05, 4.69) is 20.8 Å². The highest BCUT2D eigenvalue weighted by Gasteiger charge is 2.35. The molecule has 6 nitrogen and oxygen atoms in total. The first-order valence-corrected chi connectivity index (χ1v) is 19.5. The van der Waals surface area contributed by atoms with Gasteiger partial charge < -0.3 is 18.5 Å². The van der Waals surface area contributed by atoms with Crippen LogP contribution in [0.4, 0.5) is 0 Å². The van der Waals surface area contributed by atoms with E-state index < -0.39 is 20.4 Å². The van der Waals surface area contributed by atoms with Crippen LogP contribution >= 0.6 is 7.82 Å². The molecule has 256 valence electrons. The fourth-order valence-corrected chi connectivity index (χ4v) is 6.73. The molecule has 0 aliphatic carbocycles. The molecule has 0 aromatic heterocycles. The molecule has 0 aliphatic rings. The molecule has 2 aromatic rings. The van der Waals surface area contributed by atoms with Gasteiger partial charge >= 0.3 is 7.82 Å². The van der Waals surface area contributed by atoms with Gasteiger partial charge in [-0.1, -0.05) is 141 Å². The molecule has 2 atom stereocenters. The molecular formula is C38H63O6P. The molecule has 0 radical (unpaired) electrons. The number of phosphoric ester groups is 1. The van der Waals surface area contributed by atoms with Crippen LogP contribution in [-0.4, -0.2) is 19.2 Å². The predicted molar refractivity (Wildman–Crippen MR) is 187 cm³/mol. The van der Waals surface area contributed by atoms with Crippen LogP contribution in [0.25, 0.3) is 0 Å². The van der Waals surface area contributed by atoms with E-state index in [1.165, 1.54) is 64.2 Å². The van der Waals surface area contributed by atoms with Gasteiger partial charge in [0.2, 0.25) is 0 Å². The minimum absolute atomic E-state index is 0.519. The molecule has 45 heavy (non-hydrogen) atoms. The number of benzene rings is 2. The smallest absolute Gasteiger partial charge is 0.395 e. The SMILES string of the molecule is CCCCCCCCCc1ccccc1OP(=O)(Oc1ccccc1CCCCCCCCC)OC(C)OC(C)OCCCC. The summed E-state index contributed by atoms with van der Waals surface area (Å²) in [7, 11) is -4.16. The summed E-state index contributed by atoms with van der Waals surface area (Å²) in [5.74, 6) is 1.05. The molecule has 0 saturated carbocycles. The second kappa shape index (κ2) is 24.3. The Bertz CT molecular complexity index is 993. The Kier molecular flexibility index (Phi) is 21.3. The maximum Gasteiger partial charge on any atom is 0.589 e. The number of phosphoric acid groups is 1. The third-order valence-electron chi connectivity index (χ3n) is 7.98. The number of aryl methyl sites for hydroxylation is 2. The highest BCUT2D eigenvalue weighted by Crippen LogP contribution is 2.52. The molecule has 7 heteroatoms. The third-order valence-corrected chi connectivity index (χ3v) is 9.37. The predicted octanol–water partition coefficient (Wildman–Crippen LogP) is 12.4. The van der Waals surface area contributed by atoms with Crippen LogP contribution in [0.15, 0.2) is 48.5 Å². The molecule has 0 bridgehead atoms. The zero-order valence-corrected chi connectivity index (χ0v) is 30.0. The summed E-state index contributed by atoms with van der Waals surface area (Å²) in [6, 6.07) is 15.6. The standard InChI is InChI=1S/C38H63O6P/c1-6-9-12-14-16-18-20-26-35-28-22-24-30-37(35)43-45(39,42-34(5)41-33(4)40-32-11-8-3)44-38-31-25-23-29-36(38)27-21-19-17-15-13-10-7-2/h22-25,28-31,33-34H,6-21,26-27,32H2,1-5H3. The fraction of sp³-hybridized carbons (Fsp3) is 0.684. The van der Waals surface area contributed by atoms with Crippen LogP contribution in [0.2, 0.25) is 0 Å². The largest absolute Gasteiger partial charge is 0.589 e. The first-order valence-electron chi connectivity index (χ1n) is 18.0. The van der Waals surface area contributed by atoms with Gasteiger partial charge in [0, 0.05) is 6.61 Å². The Labute approximate surface area is 275 Å². The molecule has 0 amide bonds. The van der Waals surface area contributed by atoms with E-state index in [1.807, 2.05) is 55.5 Å².